The van der Waals surface area contributed by atoms with Crippen LogP contribution < -0.4 is 0 Å². The van der Waals surface area contributed by atoms with Crippen molar-refractivity contribution in [3.05, 3.63) is 71.9 Å². The van der Waals surface area contributed by atoms with Crippen LogP contribution in [0.4, 0.5) is 4.39 Å². The van der Waals surface area contributed by atoms with Crippen LogP contribution in [0, 0.1) is 5.82 Å². The molecule has 0 aliphatic heterocycles. The van der Waals surface area contributed by atoms with E-state index in [1.807, 2.05) is 23.5 Å². The van der Waals surface area contributed by atoms with Crippen molar-refractivity contribution < 1.29 is 4.39 Å². The van der Waals surface area contributed by atoms with E-state index >= 15 is 0 Å². The van der Waals surface area contributed by atoms with Crippen LogP contribution in [0.3, 0.4) is 0 Å². The summed E-state index contributed by atoms with van der Waals surface area (Å²) < 4.78 is 13.0. The van der Waals surface area contributed by atoms with Crippen LogP contribution in [0.15, 0.2) is 66.0 Å². The molecule has 0 amide bonds. The molecule has 0 spiro atoms. The largest absolute Gasteiger partial charge is 0.207 e. The molecule has 3 aromatic heterocycles. The Morgan fingerprint density at radius 2 is 1.18 bits per heavy atom. The van der Waals surface area contributed by atoms with E-state index in [1.165, 1.54) is 36.5 Å². The number of hydrogen-bond acceptors (Lipinski definition) is 3. The Labute approximate surface area is 140 Å². The van der Waals surface area contributed by atoms with Gasteiger partial charge in [0, 0.05) is 24.4 Å². The molecule has 0 N–H and O–H groups in total. The Morgan fingerprint density at radius 1 is 0.591 bits per heavy atom. The molecular formula is C18H11FS3. The van der Waals surface area contributed by atoms with E-state index in [2.05, 4.69) is 41.8 Å². The fourth-order valence-corrected chi connectivity index (χ4v) is 5.20. The molecule has 4 rings (SSSR count). The smallest absolute Gasteiger partial charge is 0.123 e. The van der Waals surface area contributed by atoms with Crippen LogP contribution in [0.2, 0.25) is 0 Å². The van der Waals surface area contributed by atoms with Gasteiger partial charge in [-0.2, -0.15) is 0 Å². The maximum absolute atomic E-state index is 13.0. The van der Waals surface area contributed by atoms with Crippen LogP contribution in [0.5, 0.6) is 0 Å². The molecular weight excluding hydrogens is 331 g/mol. The number of halogens is 1. The predicted molar refractivity (Wildman–Crippen MR) is 96.3 cm³/mol. The van der Waals surface area contributed by atoms with Gasteiger partial charge < -0.3 is 0 Å². The molecule has 4 heteroatoms. The molecule has 0 unspecified atom stereocenters. The first-order chi connectivity index (χ1) is 10.8. The Hall–Kier alpha value is -1.75. The summed E-state index contributed by atoms with van der Waals surface area (Å²) in [6, 6.07) is 19.5. The summed E-state index contributed by atoms with van der Waals surface area (Å²) in [6.45, 7) is 0. The van der Waals surface area contributed by atoms with Crippen LogP contribution in [0.25, 0.3) is 29.9 Å². The maximum atomic E-state index is 13.0. The number of benzene rings is 1. The molecule has 0 fully saturated rings. The van der Waals surface area contributed by atoms with Gasteiger partial charge in [-0.25, -0.2) is 4.39 Å². The zero-order chi connectivity index (χ0) is 14.9. The summed E-state index contributed by atoms with van der Waals surface area (Å²) in [5.41, 5.74) is 1.06. The molecule has 0 saturated heterocycles. The molecule has 108 valence electrons. The van der Waals surface area contributed by atoms with Gasteiger partial charge in [-0.1, -0.05) is 18.2 Å². The standard InChI is InChI=1S/C18H11FS3/c19-13-5-3-12(4-6-13)14-7-8-17(21-14)18-10-9-16(22-18)15-2-1-11-20-15/h1-11H. The highest BCUT2D eigenvalue weighted by atomic mass is 32.1. The maximum Gasteiger partial charge on any atom is 0.123 e. The van der Waals surface area contributed by atoms with Gasteiger partial charge in [-0.3, -0.25) is 0 Å². The molecule has 3 heterocycles. The Balaban J connectivity index is 1.65. The van der Waals surface area contributed by atoms with Crippen molar-refractivity contribution in [3.8, 4) is 29.9 Å². The van der Waals surface area contributed by atoms with Gasteiger partial charge in [0.2, 0.25) is 0 Å². The third-order valence-electron chi connectivity index (χ3n) is 3.35. The van der Waals surface area contributed by atoms with Crippen molar-refractivity contribution in [2.24, 2.45) is 0 Å². The summed E-state index contributed by atoms with van der Waals surface area (Å²) in [6.07, 6.45) is 0. The van der Waals surface area contributed by atoms with Crippen LogP contribution >= 0.6 is 34.0 Å². The number of rotatable bonds is 3. The van der Waals surface area contributed by atoms with Crippen LogP contribution in [-0.4, -0.2) is 0 Å². The minimum absolute atomic E-state index is 0.195. The lowest BCUT2D eigenvalue weighted by Crippen LogP contribution is -1.73. The minimum Gasteiger partial charge on any atom is -0.207 e. The summed E-state index contributed by atoms with van der Waals surface area (Å²) in [4.78, 5) is 6.32. The third kappa shape index (κ3) is 2.65. The number of hydrogen-bond donors (Lipinski definition) is 0. The molecule has 1 aromatic carbocycles. The molecule has 0 nitrogen and oxygen atoms in total. The van der Waals surface area contributed by atoms with E-state index in [0.717, 1.165) is 5.56 Å². The van der Waals surface area contributed by atoms with E-state index in [1.54, 1.807) is 22.7 Å². The van der Waals surface area contributed by atoms with Crippen molar-refractivity contribution in [2.45, 2.75) is 0 Å². The van der Waals surface area contributed by atoms with Gasteiger partial charge in [0.25, 0.3) is 0 Å². The van der Waals surface area contributed by atoms with E-state index in [0.29, 0.717) is 0 Å². The Morgan fingerprint density at radius 3 is 1.82 bits per heavy atom. The summed E-state index contributed by atoms with van der Waals surface area (Å²) in [5.74, 6) is -0.195. The molecule has 0 radical (unpaired) electrons. The molecule has 0 bridgehead atoms. The van der Waals surface area contributed by atoms with Gasteiger partial charge in [-0.05, 0) is 53.4 Å². The second kappa shape index (κ2) is 5.80. The highest BCUT2D eigenvalue weighted by Gasteiger charge is 2.09. The molecule has 0 atom stereocenters. The minimum atomic E-state index is -0.195. The predicted octanol–water partition coefficient (Wildman–Crippen LogP) is 7.01. The van der Waals surface area contributed by atoms with Gasteiger partial charge in [0.15, 0.2) is 0 Å². The number of thiophene rings is 3. The third-order valence-corrected chi connectivity index (χ3v) is 6.83. The first-order valence-electron chi connectivity index (χ1n) is 6.79. The van der Waals surface area contributed by atoms with Crippen molar-refractivity contribution >= 4 is 34.0 Å². The van der Waals surface area contributed by atoms with E-state index < -0.39 is 0 Å². The average molecular weight is 342 g/mol. The van der Waals surface area contributed by atoms with Crippen LogP contribution in [-0.2, 0) is 0 Å². The first-order valence-corrected chi connectivity index (χ1v) is 9.31. The van der Waals surface area contributed by atoms with Gasteiger partial charge in [0.1, 0.15) is 5.82 Å². The highest BCUT2D eigenvalue weighted by molar-refractivity contribution is 7.27. The lowest BCUT2D eigenvalue weighted by molar-refractivity contribution is 0.628. The quantitative estimate of drug-likeness (QED) is 0.375. The topological polar surface area (TPSA) is 0 Å². The van der Waals surface area contributed by atoms with Gasteiger partial charge in [-0.15, -0.1) is 34.0 Å². The molecule has 0 aliphatic rings. The van der Waals surface area contributed by atoms with Crippen molar-refractivity contribution in [3.63, 3.8) is 0 Å². The van der Waals surface area contributed by atoms with E-state index in [4.69, 9.17) is 0 Å². The normalized spacial score (nSPS) is 11.0. The van der Waals surface area contributed by atoms with Crippen molar-refractivity contribution in [1.29, 1.82) is 0 Å². The molecule has 22 heavy (non-hydrogen) atoms. The molecule has 4 aromatic rings. The fraction of sp³-hybridized carbons (Fsp3) is 0. The second-order valence-electron chi connectivity index (χ2n) is 4.81. The summed E-state index contributed by atoms with van der Waals surface area (Å²) >= 11 is 5.33. The van der Waals surface area contributed by atoms with Crippen LogP contribution in [0.1, 0.15) is 0 Å². The average Bonchev–Trinajstić information content (AvgIpc) is 3.27. The van der Waals surface area contributed by atoms with E-state index in [-0.39, 0.29) is 5.82 Å². The zero-order valence-corrected chi connectivity index (χ0v) is 13.9. The monoisotopic (exact) mass is 342 g/mol. The summed E-state index contributed by atoms with van der Waals surface area (Å²) in [7, 11) is 0. The van der Waals surface area contributed by atoms with E-state index in [9.17, 15) is 4.39 Å². The summed E-state index contributed by atoms with van der Waals surface area (Å²) in [5, 5.41) is 2.10. The Bertz CT molecular complexity index is 883. The van der Waals surface area contributed by atoms with Gasteiger partial charge >= 0.3 is 0 Å². The highest BCUT2D eigenvalue weighted by Crippen LogP contribution is 2.41. The van der Waals surface area contributed by atoms with Crippen molar-refractivity contribution in [2.75, 3.05) is 0 Å². The molecule has 0 saturated carbocycles. The first kappa shape index (κ1) is 13.9. The zero-order valence-electron chi connectivity index (χ0n) is 11.5. The lowest BCUT2D eigenvalue weighted by atomic mass is 10.2. The SMILES string of the molecule is Fc1ccc(-c2ccc(-c3ccc(-c4cccs4)s3)s2)cc1. The fourth-order valence-electron chi connectivity index (χ4n) is 2.26. The molecule has 0 aliphatic carbocycles. The van der Waals surface area contributed by atoms with Crippen molar-refractivity contribution in [1.82, 2.24) is 0 Å². The Kier molecular flexibility index (Phi) is 3.66. The second-order valence-corrected chi connectivity index (χ2v) is 7.93. The van der Waals surface area contributed by atoms with Gasteiger partial charge in [0.05, 0.1) is 0 Å². The lowest BCUT2D eigenvalue weighted by Gasteiger charge is -1.96.